The predicted molar refractivity (Wildman–Crippen MR) is 64.0 cm³/mol. The highest BCUT2D eigenvalue weighted by Gasteiger charge is 2.37. The van der Waals surface area contributed by atoms with E-state index in [0.29, 0.717) is 0 Å². The minimum Gasteiger partial charge on any atom is -0.466 e. The molecule has 2 nitrogen and oxygen atoms in total. The fourth-order valence-corrected chi connectivity index (χ4v) is 2.81. The lowest BCUT2D eigenvalue weighted by molar-refractivity contribution is -0.0381. The van der Waals surface area contributed by atoms with Gasteiger partial charge in [0.15, 0.2) is 0 Å². The first-order chi connectivity index (χ1) is 7.65. The van der Waals surface area contributed by atoms with Crippen LogP contribution in [0.25, 0.3) is 0 Å². The first-order valence-electron chi connectivity index (χ1n) is 6.42. The van der Waals surface area contributed by atoms with Crippen molar-refractivity contribution in [3.8, 4) is 0 Å². The van der Waals surface area contributed by atoms with Gasteiger partial charge >= 0.3 is 0 Å². The Kier molecular flexibility index (Phi) is 3.38. The summed E-state index contributed by atoms with van der Waals surface area (Å²) in [4.78, 5) is 0. The third-order valence-electron chi connectivity index (χ3n) is 4.29. The molecule has 1 N–H and O–H groups in total. The van der Waals surface area contributed by atoms with Gasteiger partial charge in [-0.1, -0.05) is 20.3 Å². The van der Waals surface area contributed by atoms with E-state index in [1.54, 1.807) is 6.26 Å². The average molecular weight is 222 g/mol. The van der Waals surface area contributed by atoms with Gasteiger partial charge in [-0.2, -0.15) is 0 Å². The van der Waals surface area contributed by atoms with Gasteiger partial charge in [0.2, 0.25) is 0 Å². The number of aliphatic hydroxyl groups is 1. The Morgan fingerprint density at radius 1 is 1.50 bits per heavy atom. The van der Waals surface area contributed by atoms with Crippen molar-refractivity contribution in [3.05, 3.63) is 24.2 Å². The zero-order valence-corrected chi connectivity index (χ0v) is 10.3. The van der Waals surface area contributed by atoms with Crippen LogP contribution in [-0.4, -0.2) is 5.11 Å². The summed E-state index contributed by atoms with van der Waals surface area (Å²) in [6.45, 7) is 4.57. The Labute approximate surface area is 97.7 Å². The van der Waals surface area contributed by atoms with Crippen molar-refractivity contribution in [2.45, 2.75) is 51.6 Å². The average Bonchev–Trinajstić information content (AvgIpc) is 2.83. The SMILES string of the molecule is CCC(C)C1CCC(O)(c2ccco2)CC1. The van der Waals surface area contributed by atoms with Crippen LogP contribution in [0.15, 0.2) is 22.8 Å². The standard InChI is InChI=1S/C14H22O2/c1-3-11(2)12-6-8-14(15,9-7-12)13-5-4-10-16-13/h4-5,10-12,15H,3,6-9H2,1-2H3. The van der Waals surface area contributed by atoms with Crippen LogP contribution >= 0.6 is 0 Å². The Bertz CT molecular complexity index is 307. The van der Waals surface area contributed by atoms with E-state index in [2.05, 4.69) is 13.8 Å². The van der Waals surface area contributed by atoms with E-state index in [9.17, 15) is 5.11 Å². The number of hydrogen-bond donors (Lipinski definition) is 1. The zero-order chi connectivity index (χ0) is 11.6. The van der Waals surface area contributed by atoms with Crippen molar-refractivity contribution < 1.29 is 9.52 Å². The van der Waals surface area contributed by atoms with Crippen molar-refractivity contribution in [1.29, 1.82) is 0 Å². The molecule has 1 aliphatic carbocycles. The number of furan rings is 1. The highest BCUT2D eigenvalue weighted by Crippen LogP contribution is 2.42. The van der Waals surface area contributed by atoms with E-state index in [-0.39, 0.29) is 0 Å². The van der Waals surface area contributed by atoms with Gasteiger partial charge in [-0.05, 0) is 49.7 Å². The van der Waals surface area contributed by atoms with Gasteiger partial charge in [0.05, 0.1) is 6.26 Å². The summed E-state index contributed by atoms with van der Waals surface area (Å²) in [6.07, 6.45) is 6.81. The second kappa shape index (κ2) is 4.62. The maximum atomic E-state index is 10.5. The molecule has 2 heteroatoms. The Morgan fingerprint density at radius 2 is 2.19 bits per heavy atom. The Balaban J connectivity index is 1.99. The zero-order valence-electron chi connectivity index (χ0n) is 10.3. The third kappa shape index (κ3) is 2.17. The molecule has 1 atom stereocenters. The van der Waals surface area contributed by atoms with Crippen LogP contribution in [0.1, 0.15) is 51.7 Å². The molecule has 1 heterocycles. The molecule has 0 amide bonds. The molecule has 0 radical (unpaired) electrons. The number of rotatable bonds is 3. The molecule has 16 heavy (non-hydrogen) atoms. The Hall–Kier alpha value is -0.760. The van der Waals surface area contributed by atoms with Gasteiger partial charge in [0.25, 0.3) is 0 Å². The van der Waals surface area contributed by atoms with Crippen LogP contribution in [0, 0.1) is 11.8 Å². The maximum Gasteiger partial charge on any atom is 0.135 e. The van der Waals surface area contributed by atoms with Crippen LogP contribution in [0.3, 0.4) is 0 Å². The van der Waals surface area contributed by atoms with Crippen LogP contribution in [0.5, 0.6) is 0 Å². The first-order valence-corrected chi connectivity index (χ1v) is 6.42. The van der Waals surface area contributed by atoms with Crippen molar-refractivity contribution in [1.82, 2.24) is 0 Å². The molecule has 1 aromatic rings. The monoisotopic (exact) mass is 222 g/mol. The van der Waals surface area contributed by atoms with E-state index >= 15 is 0 Å². The molecule has 1 unspecified atom stereocenters. The van der Waals surface area contributed by atoms with E-state index in [1.807, 2.05) is 12.1 Å². The molecule has 2 rings (SSSR count). The fraction of sp³-hybridized carbons (Fsp3) is 0.714. The molecule has 0 bridgehead atoms. The van der Waals surface area contributed by atoms with Crippen molar-refractivity contribution >= 4 is 0 Å². The van der Waals surface area contributed by atoms with Gasteiger partial charge in [-0.3, -0.25) is 0 Å². The summed E-state index contributed by atoms with van der Waals surface area (Å²) in [5.74, 6) is 2.30. The summed E-state index contributed by atoms with van der Waals surface area (Å²) in [5.41, 5.74) is -0.701. The van der Waals surface area contributed by atoms with E-state index in [0.717, 1.165) is 43.3 Å². The van der Waals surface area contributed by atoms with E-state index in [1.165, 1.54) is 6.42 Å². The molecule has 90 valence electrons. The van der Waals surface area contributed by atoms with Crippen molar-refractivity contribution in [2.24, 2.45) is 11.8 Å². The second-order valence-electron chi connectivity index (χ2n) is 5.23. The Morgan fingerprint density at radius 3 is 2.69 bits per heavy atom. The summed E-state index contributed by atoms with van der Waals surface area (Å²) < 4.78 is 5.35. The smallest absolute Gasteiger partial charge is 0.135 e. The molecule has 1 fully saturated rings. The molecule has 0 spiro atoms. The third-order valence-corrected chi connectivity index (χ3v) is 4.29. The molecule has 0 saturated heterocycles. The normalized spacial score (nSPS) is 32.6. The summed E-state index contributed by atoms with van der Waals surface area (Å²) in [7, 11) is 0. The largest absolute Gasteiger partial charge is 0.466 e. The molecule has 0 aliphatic heterocycles. The highest BCUT2D eigenvalue weighted by molar-refractivity contribution is 5.10. The lowest BCUT2D eigenvalue weighted by Gasteiger charge is -2.36. The molecule has 1 saturated carbocycles. The molecular weight excluding hydrogens is 200 g/mol. The summed E-state index contributed by atoms with van der Waals surface area (Å²) >= 11 is 0. The summed E-state index contributed by atoms with van der Waals surface area (Å²) in [5, 5.41) is 10.5. The lowest BCUT2D eigenvalue weighted by Crippen LogP contribution is -2.32. The van der Waals surface area contributed by atoms with Gasteiger partial charge in [-0.15, -0.1) is 0 Å². The molecule has 0 aromatic carbocycles. The minimum absolute atomic E-state index is 0.701. The number of hydrogen-bond acceptors (Lipinski definition) is 2. The topological polar surface area (TPSA) is 33.4 Å². The van der Waals surface area contributed by atoms with Crippen molar-refractivity contribution in [3.63, 3.8) is 0 Å². The van der Waals surface area contributed by atoms with Crippen LogP contribution in [0.4, 0.5) is 0 Å². The van der Waals surface area contributed by atoms with E-state index < -0.39 is 5.60 Å². The summed E-state index contributed by atoms with van der Waals surface area (Å²) in [6, 6.07) is 3.75. The fourth-order valence-electron chi connectivity index (χ4n) is 2.81. The molecule has 1 aliphatic rings. The quantitative estimate of drug-likeness (QED) is 0.845. The van der Waals surface area contributed by atoms with Crippen LogP contribution in [-0.2, 0) is 5.60 Å². The van der Waals surface area contributed by atoms with Gasteiger partial charge in [0, 0.05) is 0 Å². The predicted octanol–water partition coefficient (Wildman–Crippen LogP) is 3.70. The highest BCUT2D eigenvalue weighted by atomic mass is 16.4. The molecular formula is C14H22O2. The molecule has 1 aromatic heterocycles. The van der Waals surface area contributed by atoms with Crippen LogP contribution < -0.4 is 0 Å². The van der Waals surface area contributed by atoms with Crippen molar-refractivity contribution in [2.75, 3.05) is 0 Å². The van der Waals surface area contributed by atoms with Gasteiger partial charge in [0.1, 0.15) is 11.4 Å². The van der Waals surface area contributed by atoms with Gasteiger partial charge in [-0.25, -0.2) is 0 Å². The minimum atomic E-state index is -0.701. The van der Waals surface area contributed by atoms with Gasteiger partial charge < -0.3 is 9.52 Å². The lowest BCUT2D eigenvalue weighted by atomic mass is 9.73. The second-order valence-corrected chi connectivity index (χ2v) is 5.23. The van der Waals surface area contributed by atoms with Crippen LogP contribution in [0.2, 0.25) is 0 Å². The van der Waals surface area contributed by atoms with E-state index in [4.69, 9.17) is 4.42 Å². The first kappa shape index (κ1) is 11.7. The maximum absolute atomic E-state index is 10.5.